The van der Waals surface area contributed by atoms with Crippen LogP contribution in [0.2, 0.25) is 0 Å². The standard InChI is InChI=1S/C18H23NO/c1-14-9-11-17(12-10-14)18(20)15(2)19(3)13-16-7-5-4-6-8-16/h4-12,15,18,20H,13H2,1-3H3/t15-,18+/m1/s1. The van der Waals surface area contributed by atoms with Crippen LogP contribution in [0.3, 0.4) is 0 Å². The van der Waals surface area contributed by atoms with Crippen LogP contribution in [-0.2, 0) is 6.54 Å². The van der Waals surface area contributed by atoms with Gasteiger partial charge < -0.3 is 5.11 Å². The molecule has 0 fully saturated rings. The Balaban J connectivity index is 2.02. The highest BCUT2D eigenvalue weighted by Crippen LogP contribution is 2.21. The van der Waals surface area contributed by atoms with Gasteiger partial charge >= 0.3 is 0 Å². The van der Waals surface area contributed by atoms with Gasteiger partial charge in [0.15, 0.2) is 0 Å². The molecule has 2 aromatic carbocycles. The van der Waals surface area contributed by atoms with E-state index >= 15 is 0 Å². The summed E-state index contributed by atoms with van der Waals surface area (Å²) in [6.45, 7) is 4.96. The van der Waals surface area contributed by atoms with Crippen molar-refractivity contribution in [3.63, 3.8) is 0 Å². The van der Waals surface area contributed by atoms with E-state index in [2.05, 4.69) is 37.9 Å². The predicted octanol–water partition coefficient (Wildman–Crippen LogP) is 3.55. The maximum atomic E-state index is 10.5. The number of hydrogen-bond acceptors (Lipinski definition) is 2. The van der Waals surface area contributed by atoms with Crippen LogP contribution in [0.15, 0.2) is 54.6 Å². The molecule has 0 unspecified atom stereocenters. The fourth-order valence-electron chi connectivity index (χ4n) is 2.30. The number of benzene rings is 2. The van der Waals surface area contributed by atoms with Gasteiger partial charge in [-0.05, 0) is 32.0 Å². The van der Waals surface area contributed by atoms with Gasteiger partial charge in [-0.2, -0.15) is 0 Å². The van der Waals surface area contributed by atoms with Gasteiger partial charge in [0.1, 0.15) is 0 Å². The van der Waals surface area contributed by atoms with Gasteiger partial charge in [-0.3, -0.25) is 4.90 Å². The van der Waals surface area contributed by atoms with Crippen LogP contribution in [0.5, 0.6) is 0 Å². The second kappa shape index (κ2) is 6.69. The Kier molecular flexibility index (Phi) is 4.94. The molecule has 0 saturated heterocycles. The van der Waals surface area contributed by atoms with E-state index in [1.54, 1.807) is 0 Å². The van der Waals surface area contributed by atoms with Crippen molar-refractivity contribution in [1.82, 2.24) is 4.90 Å². The van der Waals surface area contributed by atoms with Gasteiger partial charge in [0.2, 0.25) is 0 Å². The summed E-state index contributed by atoms with van der Waals surface area (Å²) in [4.78, 5) is 2.18. The third kappa shape index (κ3) is 3.69. The SMILES string of the molecule is Cc1ccc([C@@H](O)[C@@H](C)N(C)Cc2ccccc2)cc1. The zero-order valence-electron chi connectivity index (χ0n) is 12.5. The van der Waals surface area contributed by atoms with Crippen molar-refractivity contribution in [1.29, 1.82) is 0 Å². The summed E-state index contributed by atoms with van der Waals surface area (Å²) in [7, 11) is 2.05. The van der Waals surface area contributed by atoms with Crippen LogP contribution in [0.4, 0.5) is 0 Å². The van der Waals surface area contributed by atoms with Crippen molar-refractivity contribution in [3.8, 4) is 0 Å². The first-order valence-corrected chi connectivity index (χ1v) is 7.06. The Bertz CT molecular complexity index is 521. The Morgan fingerprint density at radius 1 is 1.00 bits per heavy atom. The van der Waals surface area contributed by atoms with E-state index < -0.39 is 6.10 Å². The van der Waals surface area contributed by atoms with Gasteiger partial charge in [-0.15, -0.1) is 0 Å². The number of aliphatic hydroxyl groups is 1. The van der Waals surface area contributed by atoms with Gasteiger partial charge in [-0.25, -0.2) is 0 Å². The van der Waals surface area contributed by atoms with Crippen LogP contribution < -0.4 is 0 Å². The molecule has 2 nitrogen and oxygen atoms in total. The third-order valence-corrected chi connectivity index (χ3v) is 3.85. The summed E-state index contributed by atoms with van der Waals surface area (Å²) in [5.74, 6) is 0. The minimum atomic E-state index is -0.468. The highest BCUT2D eigenvalue weighted by molar-refractivity contribution is 5.24. The molecule has 0 aliphatic rings. The Morgan fingerprint density at radius 2 is 1.60 bits per heavy atom. The maximum Gasteiger partial charge on any atom is 0.0942 e. The van der Waals surface area contributed by atoms with Gasteiger partial charge in [0, 0.05) is 12.6 Å². The van der Waals surface area contributed by atoms with Crippen molar-refractivity contribution in [2.24, 2.45) is 0 Å². The lowest BCUT2D eigenvalue weighted by atomic mass is 10.0. The molecule has 2 atom stereocenters. The molecule has 0 aliphatic carbocycles. The summed E-state index contributed by atoms with van der Waals surface area (Å²) >= 11 is 0. The molecule has 0 heterocycles. The average Bonchev–Trinajstić information content (AvgIpc) is 2.47. The summed E-state index contributed by atoms with van der Waals surface area (Å²) in [5, 5.41) is 10.5. The molecule has 1 N–H and O–H groups in total. The number of aliphatic hydroxyl groups excluding tert-OH is 1. The van der Waals surface area contributed by atoms with E-state index in [-0.39, 0.29) is 6.04 Å². The molecular weight excluding hydrogens is 246 g/mol. The first-order valence-electron chi connectivity index (χ1n) is 7.06. The van der Waals surface area contributed by atoms with Crippen molar-refractivity contribution >= 4 is 0 Å². The summed E-state index contributed by atoms with van der Waals surface area (Å²) in [6, 6.07) is 18.5. The molecule has 106 valence electrons. The molecule has 0 aromatic heterocycles. The van der Waals surface area contributed by atoms with Crippen LogP contribution >= 0.6 is 0 Å². The van der Waals surface area contributed by atoms with E-state index in [1.807, 2.05) is 42.5 Å². The van der Waals surface area contributed by atoms with E-state index in [4.69, 9.17) is 0 Å². The maximum absolute atomic E-state index is 10.5. The smallest absolute Gasteiger partial charge is 0.0942 e. The highest BCUT2D eigenvalue weighted by atomic mass is 16.3. The molecule has 0 radical (unpaired) electrons. The lowest BCUT2D eigenvalue weighted by Crippen LogP contribution is -2.33. The Hall–Kier alpha value is -1.64. The molecule has 20 heavy (non-hydrogen) atoms. The number of nitrogens with zero attached hydrogens (tertiary/aromatic N) is 1. The van der Waals surface area contributed by atoms with Crippen LogP contribution in [0.25, 0.3) is 0 Å². The minimum absolute atomic E-state index is 0.0675. The lowest BCUT2D eigenvalue weighted by Gasteiger charge is -2.29. The topological polar surface area (TPSA) is 23.5 Å². The predicted molar refractivity (Wildman–Crippen MR) is 83.5 cm³/mol. The molecule has 0 spiro atoms. The third-order valence-electron chi connectivity index (χ3n) is 3.85. The molecule has 0 saturated carbocycles. The van der Waals surface area contributed by atoms with E-state index in [0.29, 0.717) is 0 Å². The second-order valence-corrected chi connectivity index (χ2v) is 5.50. The summed E-state index contributed by atoms with van der Waals surface area (Å²) < 4.78 is 0. The average molecular weight is 269 g/mol. The van der Waals surface area contributed by atoms with Crippen molar-refractivity contribution in [2.75, 3.05) is 7.05 Å². The number of aryl methyl sites for hydroxylation is 1. The Labute approximate surface area is 121 Å². The summed E-state index contributed by atoms with van der Waals surface area (Å²) in [5.41, 5.74) is 3.45. The van der Waals surface area contributed by atoms with E-state index in [0.717, 1.165) is 12.1 Å². The first-order chi connectivity index (χ1) is 9.58. The lowest BCUT2D eigenvalue weighted by molar-refractivity contribution is 0.0688. The van der Waals surface area contributed by atoms with E-state index in [9.17, 15) is 5.11 Å². The molecule has 2 rings (SSSR count). The quantitative estimate of drug-likeness (QED) is 0.897. The number of likely N-dealkylation sites (N-methyl/N-ethyl adjacent to an activating group) is 1. The molecule has 0 aliphatic heterocycles. The van der Waals surface area contributed by atoms with Crippen molar-refractivity contribution in [3.05, 3.63) is 71.3 Å². The molecule has 0 bridgehead atoms. The first kappa shape index (κ1) is 14.8. The zero-order valence-corrected chi connectivity index (χ0v) is 12.5. The van der Waals surface area contributed by atoms with Crippen LogP contribution in [0, 0.1) is 6.92 Å². The summed E-state index contributed by atoms with van der Waals surface area (Å²) in [6.07, 6.45) is -0.468. The van der Waals surface area contributed by atoms with Crippen LogP contribution in [0.1, 0.15) is 29.7 Å². The fourth-order valence-corrected chi connectivity index (χ4v) is 2.30. The van der Waals surface area contributed by atoms with Gasteiger partial charge in [0.25, 0.3) is 0 Å². The van der Waals surface area contributed by atoms with Crippen molar-refractivity contribution in [2.45, 2.75) is 32.5 Å². The Morgan fingerprint density at radius 3 is 2.20 bits per heavy atom. The largest absolute Gasteiger partial charge is 0.387 e. The number of hydrogen-bond donors (Lipinski definition) is 1. The van der Waals surface area contributed by atoms with Gasteiger partial charge in [0.05, 0.1) is 6.10 Å². The van der Waals surface area contributed by atoms with E-state index in [1.165, 1.54) is 11.1 Å². The normalized spacial score (nSPS) is 14.2. The molecule has 0 amide bonds. The van der Waals surface area contributed by atoms with Crippen molar-refractivity contribution < 1.29 is 5.11 Å². The zero-order chi connectivity index (χ0) is 14.5. The highest BCUT2D eigenvalue weighted by Gasteiger charge is 2.20. The number of rotatable bonds is 5. The van der Waals surface area contributed by atoms with Gasteiger partial charge in [-0.1, -0.05) is 60.2 Å². The monoisotopic (exact) mass is 269 g/mol. The molecule has 2 aromatic rings. The second-order valence-electron chi connectivity index (χ2n) is 5.50. The minimum Gasteiger partial charge on any atom is -0.387 e. The van der Waals surface area contributed by atoms with Crippen LogP contribution in [-0.4, -0.2) is 23.1 Å². The molecular formula is C18H23NO. The molecule has 2 heteroatoms. The fraction of sp³-hybridized carbons (Fsp3) is 0.333.